The highest BCUT2D eigenvalue weighted by Gasteiger charge is 2.27. The van der Waals surface area contributed by atoms with Gasteiger partial charge in [0.2, 0.25) is 0 Å². The number of halogens is 1. The SMILES string of the molecule is COC(C)(CNC(=O)c1ccc(C(C)(C)C)cc1)c1cccc(Cl)c1. The molecular formula is C21H26ClNO2. The van der Waals surface area contributed by atoms with Gasteiger partial charge < -0.3 is 10.1 Å². The maximum atomic E-state index is 12.5. The van der Waals surface area contributed by atoms with Crippen LogP contribution in [0, 0.1) is 0 Å². The number of benzene rings is 2. The van der Waals surface area contributed by atoms with Gasteiger partial charge in [-0.3, -0.25) is 4.79 Å². The van der Waals surface area contributed by atoms with E-state index in [-0.39, 0.29) is 11.3 Å². The van der Waals surface area contributed by atoms with Gasteiger partial charge >= 0.3 is 0 Å². The molecule has 0 spiro atoms. The third-order valence-corrected chi connectivity index (χ3v) is 4.72. The van der Waals surface area contributed by atoms with Crippen molar-refractivity contribution in [3.05, 3.63) is 70.2 Å². The van der Waals surface area contributed by atoms with Crippen LogP contribution >= 0.6 is 11.6 Å². The molecular weight excluding hydrogens is 334 g/mol. The molecule has 0 aliphatic rings. The van der Waals surface area contributed by atoms with Gasteiger partial charge in [0.25, 0.3) is 5.91 Å². The molecule has 0 bridgehead atoms. The first-order valence-corrected chi connectivity index (χ1v) is 8.73. The second kappa shape index (κ2) is 7.59. The van der Waals surface area contributed by atoms with Gasteiger partial charge in [0, 0.05) is 17.7 Å². The average molecular weight is 360 g/mol. The summed E-state index contributed by atoms with van der Waals surface area (Å²) in [6.45, 7) is 8.73. The minimum atomic E-state index is -0.647. The Balaban J connectivity index is 2.09. The molecule has 1 atom stereocenters. The van der Waals surface area contributed by atoms with Crippen LogP contribution in [0.3, 0.4) is 0 Å². The molecule has 2 aromatic rings. The van der Waals surface area contributed by atoms with Crippen molar-refractivity contribution in [2.45, 2.75) is 38.7 Å². The fourth-order valence-electron chi connectivity index (χ4n) is 2.58. The summed E-state index contributed by atoms with van der Waals surface area (Å²) in [5.41, 5.74) is 2.18. The van der Waals surface area contributed by atoms with E-state index in [1.807, 2.05) is 55.5 Å². The van der Waals surface area contributed by atoms with Gasteiger partial charge in [-0.1, -0.05) is 56.6 Å². The Morgan fingerprint density at radius 2 is 1.68 bits per heavy atom. The summed E-state index contributed by atoms with van der Waals surface area (Å²) in [5.74, 6) is -0.120. The Labute approximate surface area is 155 Å². The second-order valence-corrected chi connectivity index (χ2v) is 7.89. The molecule has 0 aliphatic heterocycles. The minimum absolute atomic E-state index is 0.0657. The smallest absolute Gasteiger partial charge is 0.251 e. The molecule has 4 heteroatoms. The summed E-state index contributed by atoms with van der Waals surface area (Å²) in [5, 5.41) is 3.60. The maximum absolute atomic E-state index is 12.5. The number of hydrogen-bond donors (Lipinski definition) is 1. The molecule has 0 heterocycles. The highest BCUT2D eigenvalue weighted by Crippen LogP contribution is 2.26. The lowest BCUT2D eigenvalue weighted by molar-refractivity contribution is 0.00315. The van der Waals surface area contributed by atoms with Crippen molar-refractivity contribution in [2.24, 2.45) is 0 Å². The van der Waals surface area contributed by atoms with Gasteiger partial charge in [0.1, 0.15) is 5.60 Å². The van der Waals surface area contributed by atoms with E-state index in [9.17, 15) is 4.79 Å². The highest BCUT2D eigenvalue weighted by molar-refractivity contribution is 6.30. The molecule has 0 radical (unpaired) electrons. The van der Waals surface area contributed by atoms with E-state index in [4.69, 9.17) is 16.3 Å². The maximum Gasteiger partial charge on any atom is 0.251 e. The number of carbonyl (C=O) groups is 1. The molecule has 0 aromatic heterocycles. The lowest BCUT2D eigenvalue weighted by Gasteiger charge is -2.29. The fourth-order valence-corrected chi connectivity index (χ4v) is 2.77. The summed E-state index contributed by atoms with van der Waals surface area (Å²) < 4.78 is 5.66. The van der Waals surface area contributed by atoms with E-state index in [0.29, 0.717) is 17.1 Å². The van der Waals surface area contributed by atoms with Gasteiger partial charge in [0.05, 0.1) is 6.54 Å². The fraction of sp³-hybridized carbons (Fsp3) is 0.381. The third kappa shape index (κ3) is 4.83. The van der Waals surface area contributed by atoms with Crippen molar-refractivity contribution >= 4 is 17.5 Å². The molecule has 2 rings (SSSR count). The van der Waals surface area contributed by atoms with Gasteiger partial charge in [0.15, 0.2) is 0 Å². The van der Waals surface area contributed by atoms with Crippen LogP contribution in [0.4, 0.5) is 0 Å². The summed E-state index contributed by atoms with van der Waals surface area (Å²) >= 11 is 6.08. The number of nitrogens with one attached hydrogen (secondary N) is 1. The van der Waals surface area contributed by atoms with E-state index in [2.05, 4.69) is 26.1 Å². The molecule has 2 aromatic carbocycles. The monoisotopic (exact) mass is 359 g/mol. The average Bonchev–Trinajstić information content (AvgIpc) is 2.58. The number of amides is 1. The van der Waals surface area contributed by atoms with Crippen molar-refractivity contribution in [3.63, 3.8) is 0 Å². The van der Waals surface area contributed by atoms with Crippen molar-refractivity contribution in [3.8, 4) is 0 Å². The Hall–Kier alpha value is -1.84. The molecule has 0 saturated carbocycles. The first kappa shape index (κ1) is 19.5. The van der Waals surface area contributed by atoms with E-state index in [1.54, 1.807) is 7.11 Å². The van der Waals surface area contributed by atoms with Crippen molar-refractivity contribution in [2.75, 3.05) is 13.7 Å². The quantitative estimate of drug-likeness (QED) is 0.822. The zero-order valence-electron chi connectivity index (χ0n) is 15.5. The number of methoxy groups -OCH3 is 1. The summed E-state index contributed by atoms with van der Waals surface area (Å²) in [4.78, 5) is 12.5. The van der Waals surface area contributed by atoms with Crippen LogP contribution in [0.15, 0.2) is 48.5 Å². The van der Waals surface area contributed by atoms with Crippen molar-refractivity contribution in [1.29, 1.82) is 0 Å². The normalized spacial score (nSPS) is 14.0. The predicted octanol–water partition coefficient (Wildman–Crippen LogP) is 4.93. The van der Waals surface area contributed by atoms with Gasteiger partial charge in [-0.2, -0.15) is 0 Å². The minimum Gasteiger partial charge on any atom is -0.372 e. The first-order chi connectivity index (χ1) is 11.7. The predicted molar refractivity (Wildman–Crippen MR) is 103 cm³/mol. The second-order valence-electron chi connectivity index (χ2n) is 7.46. The largest absolute Gasteiger partial charge is 0.372 e. The van der Waals surface area contributed by atoms with E-state index < -0.39 is 5.60 Å². The Bertz CT molecular complexity index is 734. The summed E-state index contributed by atoms with van der Waals surface area (Å²) in [7, 11) is 1.63. The van der Waals surface area contributed by atoms with Gasteiger partial charge in [-0.05, 0) is 47.7 Å². The van der Waals surface area contributed by atoms with E-state index >= 15 is 0 Å². The van der Waals surface area contributed by atoms with Crippen molar-refractivity contribution in [1.82, 2.24) is 5.32 Å². The van der Waals surface area contributed by atoms with Crippen LogP contribution in [0.1, 0.15) is 49.2 Å². The van der Waals surface area contributed by atoms with E-state index in [1.165, 1.54) is 5.56 Å². The molecule has 25 heavy (non-hydrogen) atoms. The Morgan fingerprint density at radius 3 is 2.20 bits per heavy atom. The summed E-state index contributed by atoms with van der Waals surface area (Å²) in [6.07, 6.45) is 0. The van der Waals surface area contributed by atoms with Crippen molar-refractivity contribution < 1.29 is 9.53 Å². The number of ether oxygens (including phenoxy) is 1. The molecule has 0 saturated heterocycles. The molecule has 1 unspecified atom stereocenters. The Morgan fingerprint density at radius 1 is 1.04 bits per heavy atom. The van der Waals surface area contributed by atoms with Crippen LogP contribution in [-0.4, -0.2) is 19.6 Å². The van der Waals surface area contributed by atoms with Crippen LogP contribution in [0.5, 0.6) is 0 Å². The first-order valence-electron chi connectivity index (χ1n) is 8.36. The number of rotatable bonds is 5. The highest BCUT2D eigenvalue weighted by atomic mass is 35.5. The van der Waals surface area contributed by atoms with Gasteiger partial charge in [-0.15, -0.1) is 0 Å². The van der Waals surface area contributed by atoms with Gasteiger partial charge in [-0.25, -0.2) is 0 Å². The molecule has 3 nitrogen and oxygen atoms in total. The zero-order chi connectivity index (χ0) is 18.7. The van der Waals surface area contributed by atoms with Crippen LogP contribution in [0.25, 0.3) is 0 Å². The molecule has 0 aliphatic carbocycles. The molecule has 0 fully saturated rings. The molecule has 134 valence electrons. The van der Waals surface area contributed by atoms with Crippen LogP contribution in [-0.2, 0) is 15.8 Å². The number of carbonyl (C=O) groups excluding carboxylic acids is 1. The van der Waals surface area contributed by atoms with Crippen LogP contribution in [0.2, 0.25) is 5.02 Å². The topological polar surface area (TPSA) is 38.3 Å². The summed E-state index contributed by atoms with van der Waals surface area (Å²) in [6, 6.07) is 15.2. The lowest BCUT2D eigenvalue weighted by Crippen LogP contribution is -2.40. The number of hydrogen-bond acceptors (Lipinski definition) is 2. The van der Waals surface area contributed by atoms with E-state index in [0.717, 1.165) is 5.56 Å². The van der Waals surface area contributed by atoms with Crippen LogP contribution < -0.4 is 5.32 Å². The lowest BCUT2D eigenvalue weighted by atomic mass is 9.86. The zero-order valence-corrected chi connectivity index (χ0v) is 16.3. The standard InChI is InChI=1S/C21H26ClNO2/c1-20(2,3)16-11-9-15(10-12-16)19(24)23-14-21(4,25-5)17-7-6-8-18(22)13-17/h6-13H,14H2,1-5H3,(H,23,24). The Kier molecular flexibility index (Phi) is 5.91. The third-order valence-electron chi connectivity index (χ3n) is 4.49. The molecule has 1 N–H and O–H groups in total. The molecule has 1 amide bonds.